The van der Waals surface area contributed by atoms with Crippen molar-refractivity contribution in [3.63, 3.8) is 0 Å². The van der Waals surface area contributed by atoms with Crippen LogP contribution in [0, 0.1) is 10.1 Å². The zero-order valence-corrected chi connectivity index (χ0v) is 11.6. The number of methoxy groups -OCH3 is 2. The van der Waals surface area contributed by atoms with Crippen LogP contribution < -0.4 is 4.90 Å². The summed E-state index contributed by atoms with van der Waals surface area (Å²) in [5, 5.41) is 10.8. The quantitative estimate of drug-likeness (QED) is 0.409. The molecule has 0 aliphatic rings. The van der Waals surface area contributed by atoms with E-state index in [1.807, 2.05) is 4.90 Å². The molecule has 1 rings (SSSR count). The van der Waals surface area contributed by atoms with Crippen molar-refractivity contribution in [3.05, 3.63) is 34.4 Å². The fourth-order valence-corrected chi connectivity index (χ4v) is 1.70. The first-order valence-electron chi connectivity index (χ1n) is 6.13. The van der Waals surface area contributed by atoms with E-state index in [9.17, 15) is 14.9 Å². The first-order chi connectivity index (χ1) is 9.58. The van der Waals surface area contributed by atoms with Gasteiger partial charge in [-0.25, -0.2) is 0 Å². The lowest BCUT2D eigenvalue weighted by Crippen LogP contribution is -2.29. The molecule has 0 saturated heterocycles. The fraction of sp³-hybridized carbons (Fsp3) is 0.462. The standard InChI is InChI=1S/C13H18N2O5/c1-19-9-8-14(7-6-13(16)20-2)11-4-3-5-12(10-11)15(17)18/h3-5,10H,6-9H2,1-2H3. The molecule has 0 bridgehead atoms. The van der Waals surface area contributed by atoms with Gasteiger partial charge in [0, 0.05) is 38.0 Å². The Hall–Kier alpha value is -2.15. The minimum absolute atomic E-state index is 0.0167. The van der Waals surface area contributed by atoms with Crippen molar-refractivity contribution in [2.45, 2.75) is 6.42 Å². The zero-order chi connectivity index (χ0) is 15.0. The Labute approximate surface area is 117 Å². The number of nitro benzene ring substituents is 1. The number of hydrogen-bond acceptors (Lipinski definition) is 6. The first kappa shape index (κ1) is 15.9. The van der Waals surface area contributed by atoms with Crippen molar-refractivity contribution in [2.75, 3.05) is 38.8 Å². The third kappa shape index (κ3) is 4.85. The predicted octanol–water partition coefficient (Wildman–Crippen LogP) is 1.61. The molecule has 0 heterocycles. The number of carbonyl (C=O) groups is 1. The highest BCUT2D eigenvalue weighted by Gasteiger charge is 2.13. The van der Waals surface area contributed by atoms with Crippen LogP contribution in [0.5, 0.6) is 0 Å². The monoisotopic (exact) mass is 282 g/mol. The van der Waals surface area contributed by atoms with Gasteiger partial charge in [-0.2, -0.15) is 0 Å². The second kappa shape index (κ2) is 8.11. The van der Waals surface area contributed by atoms with Gasteiger partial charge in [0.05, 0.1) is 25.1 Å². The van der Waals surface area contributed by atoms with Gasteiger partial charge in [0.25, 0.3) is 5.69 Å². The van der Waals surface area contributed by atoms with Crippen LogP contribution in [0.1, 0.15) is 6.42 Å². The molecular formula is C13H18N2O5. The Bertz CT molecular complexity index is 464. The number of hydrogen-bond donors (Lipinski definition) is 0. The molecule has 0 aromatic heterocycles. The number of benzene rings is 1. The van der Waals surface area contributed by atoms with Crippen LogP contribution in [-0.4, -0.2) is 44.8 Å². The van der Waals surface area contributed by atoms with Gasteiger partial charge in [0.15, 0.2) is 0 Å². The summed E-state index contributed by atoms with van der Waals surface area (Å²) < 4.78 is 9.61. The molecule has 0 atom stereocenters. The van der Waals surface area contributed by atoms with E-state index in [-0.39, 0.29) is 18.1 Å². The molecule has 7 nitrogen and oxygen atoms in total. The summed E-state index contributed by atoms with van der Waals surface area (Å²) in [6.07, 6.45) is 0.211. The average Bonchev–Trinajstić information content (AvgIpc) is 2.47. The van der Waals surface area contributed by atoms with Gasteiger partial charge in [-0.3, -0.25) is 14.9 Å². The summed E-state index contributed by atoms with van der Waals surface area (Å²) in [6.45, 7) is 1.41. The fourth-order valence-electron chi connectivity index (χ4n) is 1.70. The molecular weight excluding hydrogens is 264 g/mol. The summed E-state index contributed by atoms with van der Waals surface area (Å²) >= 11 is 0. The van der Waals surface area contributed by atoms with Gasteiger partial charge in [0.2, 0.25) is 0 Å². The van der Waals surface area contributed by atoms with Crippen molar-refractivity contribution >= 4 is 17.3 Å². The Kier molecular flexibility index (Phi) is 6.45. The molecule has 0 N–H and O–H groups in total. The number of rotatable bonds is 8. The highest BCUT2D eigenvalue weighted by atomic mass is 16.6. The Morgan fingerprint density at radius 3 is 2.70 bits per heavy atom. The van der Waals surface area contributed by atoms with E-state index in [0.29, 0.717) is 25.4 Å². The molecule has 0 aliphatic heterocycles. The van der Waals surface area contributed by atoms with Crippen molar-refractivity contribution < 1.29 is 19.2 Å². The highest BCUT2D eigenvalue weighted by molar-refractivity contribution is 5.70. The molecule has 110 valence electrons. The summed E-state index contributed by atoms with van der Waals surface area (Å²) in [5.41, 5.74) is 0.697. The lowest BCUT2D eigenvalue weighted by Gasteiger charge is -2.23. The lowest BCUT2D eigenvalue weighted by molar-refractivity contribution is -0.384. The molecule has 0 amide bonds. The van der Waals surface area contributed by atoms with Gasteiger partial charge in [-0.05, 0) is 6.07 Å². The number of anilines is 1. The van der Waals surface area contributed by atoms with Crippen LogP contribution in [0.3, 0.4) is 0 Å². The number of non-ortho nitro benzene ring substituents is 1. The number of carbonyl (C=O) groups excluding carboxylic acids is 1. The molecule has 1 aromatic rings. The molecule has 0 fully saturated rings. The number of esters is 1. The minimum atomic E-state index is -0.446. The van der Waals surface area contributed by atoms with E-state index in [1.165, 1.54) is 19.2 Å². The smallest absolute Gasteiger partial charge is 0.307 e. The number of nitro groups is 1. The van der Waals surface area contributed by atoms with Gasteiger partial charge >= 0.3 is 5.97 Å². The van der Waals surface area contributed by atoms with Crippen LogP contribution in [0.4, 0.5) is 11.4 Å². The third-order valence-corrected chi connectivity index (χ3v) is 2.78. The second-order valence-corrected chi connectivity index (χ2v) is 4.08. The van der Waals surface area contributed by atoms with Gasteiger partial charge in [0.1, 0.15) is 0 Å². The van der Waals surface area contributed by atoms with Crippen LogP contribution in [-0.2, 0) is 14.3 Å². The summed E-state index contributed by atoms with van der Waals surface area (Å²) in [5.74, 6) is -0.321. The maximum absolute atomic E-state index is 11.2. The van der Waals surface area contributed by atoms with E-state index < -0.39 is 4.92 Å². The lowest BCUT2D eigenvalue weighted by atomic mass is 10.2. The summed E-state index contributed by atoms with van der Waals surface area (Å²) in [4.78, 5) is 23.4. The van der Waals surface area contributed by atoms with Crippen LogP contribution >= 0.6 is 0 Å². The van der Waals surface area contributed by atoms with Crippen molar-refractivity contribution in [2.24, 2.45) is 0 Å². The summed E-state index contributed by atoms with van der Waals surface area (Å²) in [6, 6.07) is 6.29. The number of ether oxygens (including phenoxy) is 2. The molecule has 0 spiro atoms. The maximum Gasteiger partial charge on any atom is 0.307 e. The van der Waals surface area contributed by atoms with Gasteiger partial charge in [-0.15, -0.1) is 0 Å². The molecule has 0 radical (unpaired) electrons. The van der Waals surface area contributed by atoms with Gasteiger partial charge in [-0.1, -0.05) is 6.07 Å². The Balaban J connectivity index is 2.83. The molecule has 20 heavy (non-hydrogen) atoms. The maximum atomic E-state index is 11.2. The zero-order valence-electron chi connectivity index (χ0n) is 11.6. The molecule has 0 unspecified atom stereocenters. The molecule has 7 heteroatoms. The van der Waals surface area contributed by atoms with E-state index in [1.54, 1.807) is 19.2 Å². The van der Waals surface area contributed by atoms with Crippen LogP contribution in [0.2, 0.25) is 0 Å². The highest BCUT2D eigenvalue weighted by Crippen LogP contribution is 2.21. The van der Waals surface area contributed by atoms with Crippen molar-refractivity contribution in [3.8, 4) is 0 Å². The Morgan fingerprint density at radius 2 is 2.10 bits per heavy atom. The first-order valence-corrected chi connectivity index (χ1v) is 6.13. The predicted molar refractivity (Wildman–Crippen MR) is 73.8 cm³/mol. The van der Waals surface area contributed by atoms with E-state index >= 15 is 0 Å². The van der Waals surface area contributed by atoms with Crippen molar-refractivity contribution in [1.29, 1.82) is 0 Å². The van der Waals surface area contributed by atoms with Crippen LogP contribution in [0.15, 0.2) is 24.3 Å². The van der Waals surface area contributed by atoms with Crippen LogP contribution in [0.25, 0.3) is 0 Å². The minimum Gasteiger partial charge on any atom is -0.469 e. The second-order valence-electron chi connectivity index (χ2n) is 4.08. The van der Waals surface area contributed by atoms with E-state index in [2.05, 4.69) is 4.74 Å². The number of nitrogens with zero attached hydrogens (tertiary/aromatic N) is 2. The normalized spacial score (nSPS) is 10.1. The topological polar surface area (TPSA) is 81.9 Å². The largest absolute Gasteiger partial charge is 0.469 e. The molecule has 1 aromatic carbocycles. The van der Waals surface area contributed by atoms with Gasteiger partial charge < -0.3 is 14.4 Å². The molecule has 0 aliphatic carbocycles. The molecule has 0 saturated carbocycles. The summed E-state index contributed by atoms with van der Waals surface area (Å²) in [7, 11) is 2.90. The third-order valence-electron chi connectivity index (χ3n) is 2.78. The van der Waals surface area contributed by atoms with E-state index in [4.69, 9.17) is 4.74 Å². The average molecular weight is 282 g/mol. The van der Waals surface area contributed by atoms with E-state index in [0.717, 1.165) is 0 Å². The Morgan fingerprint density at radius 1 is 1.35 bits per heavy atom. The van der Waals surface area contributed by atoms with Crippen molar-refractivity contribution in [1.82, 2.24) is 0 Å². The SMILES string of the molecule is COCCN(CCC(=O)OC)c1cccc([N+](=O)[O-])c1.